The molecule has 2 aromatic heterocycles. The molecule has 0 saturated heterocycles. The molecule has 2 atom stereocenters. The van der Waals surface area contributed by atoms with Crippen LogP contribution in [0, 0.1) is 5.92 Å². The van der Waals surface area contributed by atoms with Crippen LogP contribution in [0.5, 0.6) is 11.5 Å². The van der Waals surface area contributed by atoms with Gasteiger partial charge in [-0.3, -0.25) is 14.4 Å². The highest BCUT2D eigenvalue weighted by atomic mass is 16.7. The first-order chi connectivity index (χ1) is 15.9. The van der Waals surface area contributed by atoms with Crippen LogP contribution < -0.4 is 25.5 Å². The third-order valence-corrected chi connectivity index (χ3v) is 5.96. The van der Waals surface area contributed by atoms with Crippen LogP contribution in [0.3, 0.4) is 0 Å². The second kappa shape index (κ2) is 9.40. The number of ether oxygens (including phenoxy) is 2. The smallest absolute Gasteiger partial charge is 0.257 e. The average molecular weight is 453 g/mol. The molecular formula is C24H27N3O6. The molecule has 0 fully saturated rings. The van der Waals surface area contributed by atoms with Gasteiger partial charge in [0.25, 0.3) is 5.91 Å². The van der Waals surface area contributed by atoms with E-state index in [0.717, 1.165) is 0 Å². The highest BCUT2D eigenvalue weighted by molar-refractivity contribution is 6.00. The number of aryl methyl sites for hydroxylation is 1. The maximum atomic E-state index is 13.2. The first-order valence-corrected chi connectivity index (χ1v) is 11.0. The summed E-state index contributed by atoms with van der Waals surface area (Å²) in [5.41, 5.74) is 0.192. The van der Waals surface area contributed by atoms with E-state index in [-0.39, 0.29) is 30.7 Å². The van der Waals surface area contributed by atoms with E-state index >= 15 is 0 Å². The molecular weight excluding hydrogens is 426 g/mol. The van der Waals surface area contributed by atoms with E-state index in [9.17, 15) is 14.4 Å². The van der Waals surface area contributed by atoms with E-state index in [0.29, 0.717) is 41.1 Å². The molecule has 1 unspecified atom stereocenters. The molecule has 2 amide bonds. The summed E-state index contributed by atoms with van der Waals surface area (Å²) in [7, 11) is 0. The van der Waals surface area contributed by atoms with Crippen LogP contribution in [-0.2, 0) is 17.9 Å². The summed E-state index contributed by atoms with van der Waals surface area (Å²) in [6.07, 6.45) is 3.72. The second-order valence-corrected chi connectivity index (χ2v) is 8.01. The molecule has 0 spiro atoms. The quantitative estimate of drug-likeness (QED) is 0.543. The van der Waals surface area contributed by atoms with Crippen LogP contribution in [0.15, 0.2) is 45.9 Å². The molecule has 1 aliphatic heterocycles. The summed E-state index contributed by atoms with van der Waals surface area (Å²) < 4.78 is 17.9. The molecule has 1 aromatic carbocycles. The summed E-state index contributed by atoms with van der Waals surface area (Å²) in [4.78, 5) is 39.3. The lowest BCUT2D eigenvalue weighted by Crippen LogP contribution is -2.50. The Morgan fingerprint density at radius 1 is 1.18 bits per heavy atom. The van der Waals surface area contributed by atoms with E-state index < -0.39 is 17.4 Å². The minimum Gasteiger partial charge on any atom is -0.467 e. The first-order valence-electron chi connectivity index (χ1n) is 11.0. The Hall–Kier alpha value is -3.75. The van der Waals surface area contributed by atoms with Crippen LogP contribution in [-0.4, -0.2) is 29.2 Å². The predicted molar refractivity (Wildman–Crippen MR) is 121 cm³/mol. The summed E-state index contributed by atoms with van der Waals surface area (Å²) in [5, 5.41) is 5.92. The summed E-state index contributed by atoms with van der Waals surface area (Å²) in [5.74, 6) is 0.556. The maximum Gasteiger partial charge on any atom is 0.257 e. The molecule has 174 valence electrons. The Bertz CT molecular complexity index is 1230. The zero-order chi connectivity index (χ0) is 23.5. The lowest BCUT2D eigenvalue weighted by Gasteiger charge is -2.23. The molecule has 3 heterocycles. The van der Waals surface area contributed by atoms with Gasteiger partial charge in [0.2, 0.25) is 18.1 Å². The summed E-state index contributed by atoms with van der Waals surface area (Å²) in [6.45, 7) is 6.56. The summed E-state index contributed by atoms with van der Waals surface area (Å²) in [6, 6.07) is 6.03. The Labute approximate surface area is 190 Å². The number of fused-ring (bicyclic) bond motifs is 2. The standard InChI is InChI=1S/C24H27N3O6/c1-4-14(3)21(24(30)25-11-15-7-6-8-31-15)26-23(29)17-12-27(5-2)18-10-20-19(32-13-33-20)9-16(18)22(17)28/h6-10,12,14,21H,4-5,11,13H2,1-3H3,(H,25,30)(H,26,29)/t14?,21-/m0/s1. The van der Waals surface area contributed by atoms with Crippen molar-refractivity contribution in [1.82, 2.24) is 15.2 Å². The van der Waals surface area contributed by atoms with Gasteiger partial charge < -0.3 is 29.1 Å². The van der Waals surface area contributed by atoms with E-state index in [1.165, 1.54) is 12.5 Å². The number of aromatic nitrogens is 1. The van der Waals surface area contributed by atoms with Crippen molar-refractivity contribution in [3.05, 3.63) is 58.3 Å². The van der Waals surface area contributed by atoms with Crippen molar-refractivity contribution in [3.63, 3.8) is 0 Å². The van der Waals surface area contributed by atoms with E-state index in [4.69, 9.17) is 13.9 Å². The van der Waals surface area contributed by atoms with Gasteiger partial charge in [-0.25, -0.2) is 0 Å². The molecule has 0 bridgehead atoms. The van der Waals surface area contributed by atoms with E-state index in [1.807, 2.05) is 25.3 Å². The van der Waals surface area contributed by atoms with Crippen LogP contribution in [0.1, 0.15) is 43.3 Å². The number of amides is 2. The number of rotatable bonds is 8. The predicted octanol–water partition coefficient (Wildman–Crippen LogP) is 2.80. The van der Waals surface area contributed by atoms with Gasteiger partial charge in [-0.1, -0.05) is 20.3 Å². The number of furan rings is 1. The molecule has 33 heavy (non-hydrogen) atoms. The van der Waals surface area contributed by atoms with Crippen LogP contribution >= 0.6 is 0 Å². The molecule has 9 nitrogen and oxygen atoms in total. The highest BCUT2D eigenvalue weighted by Crippen LogP contribution is 2.35. The minimum absolute atomic E-state index is 0.0321. The largest absolute Gasteiger partial charge is 0.467 e. The number of hydrogen-bond donors (Lipinski definition) is 2. The van der Waals surface area contributed by atoms with Gasteiger partial charge in [-0.15, -0.1) is 0 Å². The second-order valence-electron chi connectivity index (χ2n) is 8.01. The van der Waals surface area contributed by atoms with Crippen molar-refractivity contribution in [2.24, 2.45) is 5.92 Å². The SMILES string of the molecule is CCC(C)[C@H](NC(=O)c1cn(CC)c2cc3c(cc2c1=O)OCO3)C(=O)NCc1ccco1. The number of nitrogens with one attached hydrogen (secondary N) is 2. The van der Waals surface area contributed by atoms with Crippen molar-refractivity contribution < 1.29 is 23.5 Å². The number of nitrogens with zero attached hydrogens (tertiary/aromatic N) is 1. The minimum atomic E-state index is -0.806. The highest BCUT2D eigenvalue weighted by Gasteiger charge is 2.28. The van der Waals surface area contributed by atoms with Gasteiger partial charge in [0.15, 0.2) is 11.5 Å². The van der Waals surface area contributed by atoms with Crippen molar-refractivity contribution >= 4 is 22.7 Å². The normalized spacial score (nSPS) is 14.2. The Morgan fingerprint density at radius 2 is 1.94 bits per heavy atom. The van der Waals surface area contributed by atoms with Crippen LogP contribution in [0.4, 0.5) is 0 Å². The average Bonchev–Trinajstić information content (AvgIpc) is 3.51. The van der Waals surface area contributed by atoms with Crippen molar-refractivity contribution in [2.75, 3.05) is 6.79 Å². The topological polar surface area (TPSA) is 112 Å². The van der Waals surface area contributed by atoms with Crippen LogP contribution in [0.2, 0.25) is 0 Å². The third-order valence-electron chi connectivity index (χ3n) is 5.96. The zero-order valence-corrected chi connectivity index (χ0v) is 18.8. The van der Waals surface area contributed by atoms with Gasteiger partial charge in [0, 0.05) is 18.8 Å². The molecule has 4 rings (SSSR count). The zero-order valence-electron chi connectivity index (χ0n) is 18.8. The van der Waals surface area contributed by atoms with Crippen LogP contribution in [0.25, 0.3) is 10.9 Å². The molecule has 3 aromatic rings. The summed E-state index contributed by atoms with van der Waals surface area (Å²) >= 11 is 0. The Morgan fingerprint density at radius 3 is 2.61 bits per heavy atom. The molecule has 9 heteroatoms. The molecule has 1 aliphatic rings. The molecule has 0 aliphatic carbocycles. The lowest BCUT2D eigenvalue weighted by molar-refractivity contribution is -0.124. The van der Waals surface area contributed by atoms with Gasteiger partial charge in [0.05, 0.1) is 23.7 Å². The number of carbonyl (C=O) groups is 2. The molecule has 0 radical (unpaired) electrons. The first kappa shape index (κ1) is 22.4. The van der Waals surface area contributed by atoms with E-state index in [2.05, 4.69) is 10.6 Å². The number of hydrogen-bond acceptors (Lipinski definition) is 6. The van der Waals surface area contributed by atoms with Gasteiger partial charge >= 0.3 is 0 Å². The third kappa shape index (κ3) is 4.44. The maximum absolute atomic E-state index is 13.2. The molecule has 2 N–H and O–H groups in total. The monoisotopic (exact) mass is 453 g/mol. The fourth-order valence-electron chi connectivity index (χ4n) is 3.82. The van der Waals surface area contributed by atoms with Crippen molar-refractivity contribution in [3.8, 4) is 11.5 Å². The lowest BCUT2D eigenvalue weighted by atomic mass is 9.97. The number of carbonyl (C=O) groups excluding carboxylic acids is 2. The fourth-order valence-corrected chi connectivity index (χ4v) is 3.82. The van der Waals surface area contributed by atoms with Crippen molar-refractivity contribution in [1.29, 1.82) is 0 Å². The van der Waals surface area contributed by atoms with Crippen molar-refractivity contribution in [2.45, 2.75) is 46.3 Å². The fraction of sp³-hybridized carbons (Fsp3) is 0.375. The van der Waals surface area contributed by atoms with Gasteiger partial charge in [-0.2, -0.15) is 0 Å². The Balaban J connectivity index is 1.63. The Kier molecular flexibility index (Phi) is 6.39. The van der Waals surface area contributed by atoms with Gasteiger partial charge in [-0.05, 0) is 31.0 Å². The number of pyridine rings is 1. The van der Waals surface area contributed by atoms with Gasteiger partial charge in [0.1, 0.15) is 17.4 Å². The molecule has 0 saturated carbocycles. The van der Waals surface area contributed by atoms with E-state index in [1.54, 1.807) is 24.3 Å². The number of benzene rings is 1.